The third kappa shape index (κ3) is 1.51. The Balaban J connectivity index is 2.26. The fraction of sp³-hybridized carbons (Fsp3) is 0.417. The number of nitriles is 1. The fourth-order valence-corrected chi connectivity index (χ4v) is 1.94. The third-order valence-corrected chi connectivity index (χ3v) is 3.10. The molecule has 1 aliphatic rings. The maximum Gasteiger partial charge on any atom is 0.0995 e. The molecule has 2 N–H and O–H groups in total. The van der Waals surface area contributed by atoms with Crippen LogP contribution < -0.4 is 5.73 Å². The van der Waals surface area contributed by atoms with E-state index in [2.05, 4.69) is 6.07 Å². The summed E-state index contributed by atoms with van der Waals surface area (Å²) in [6, 6.07) is 9.91. The highest BCUT2D eigenvalue weighted by atomic mass is 14.7. The van der Waals surface area contributed by atoms with Crippen molar-refractivity contribution in [3.05, 3.63) is 35.4 Å². The third-order valence-electron chi connectivity index (χ3n) is 3.10. The van der Waals surface area contributed by atoms with Crippen LogP contribution in [0.1, 0.15) is 36.4 Å². The molecule has 0 aromatic heterocycles. The van der Waals surface area contributed by atoms with Crippen LogP contribution in [0.3, 0.4) is 0 Å². The molecule has 1 saturated carbocycles. The fourth-order valence-electron chi connectivity index (χ4n) is 1.94. The molecule has 0 saturated heterocycles. The van der Waals surface area contributed by atoms with E-state index in [1.165, 1.54) is 19.3 Å². The van der Waals surface area contributed by atoms with Crippen molar-refractivity contribution in [3.8, 4) is 6.07 Å². The van der Waals surface area contributed by atoms with E-state index in [9.17, 15) is 0 Å². The Kier molecular flexibility index (Phi) is 2.51. The average Bonchev–Trinajstić information content (AvgIpc) is 2.15. The molecule has 0 heterocycles. The standard InChI is InChI=1S/C12H14N2/c13-8-10-4-1-2-7-11(10)12(14)9-5-3-6-9/h1-2,4,7,9,12H,3,5-6,14H2/t12-/m0/s1. The topological polar surface area (TPSA) is 49.8 Å². The zero-order valence-corrected chi connectivity index (χ0v) is 8.11. The first kappa shape index (κ1) is 9.23. The van der Waals surface area contributed by atoms with Gasteiger partial charge in [-0.1, -0.05) is 24.6 Å². The monoisotopic (exact) mass is 186 g/mol. The van der Waals surface area contributed by atoms with Crippen molar-refractivity contribution in [1.82, 2.24) is 0 Å². The van der Waals surface area contributed by atoms with E-state index in [4.69, 9.17) is 11.0 Å². The van der Waals surface area contributed by atoms with E-state index in [0.717, 1.165) is 11.1 Å². The van der Waals surface area contributed by atoms with Crippen molar-refractivity contribution in [3.63, 3.8) is 0 Å². The van der Waals surface area contributed by atoms with E-state index in [0.29, 0.717) is 5.92 Å². The molecule has 2 nitrogen and oxygen atoms in total. The van der Waals surface area contributed by atoms with Gasteiger partial charge >= 0.3 is 0 Å². The van der Waals surface area contributed by atoms with Gasteiger partial charge in [0.25, 0.3) is 0 Å². The smallest absolute Gasteiger partial charge is 0.0995 e. The summed E-state index contributed by atoms with van der Waals surface area (Å²) in [4.78, 5) is 0. The second-order valence-electron chi connectivity index (χ2n) is 3.92. The molecule has 0 unspecified atom stereocenters. The van der Waals surface area contributed by atoms with Crippen LogP contribution >= 0.6 is 0 Å². The molecule has 1 atom stereocenters. The number of hydrogen-bond acceptors (Lipinski definition) is 2. The summed E-state index contributed by atoms with van der Waals surface area (Å²) in [6.45, 7) is 0. The molecule has 2 rings (SSSR count). The zero-order valence-electron chi connectivity index (χ0n) is 8.11. The molecule has 0 aliphatic heterocycles. The molecule has 0 radical (unpaired) electrons. The Morgan fingerprint density at radius 1 is 1.36 bits per heavy atom. The van der Waals surface area contributed by atoms with Crippen LogP contribution in [0.4, 0.5) is 0 Å². The lowest BCUT2D eigenvalue weighted by Gasteiger charge is -2.31. The molecule has 14 heavy (non-hydrogen) atoms. The van der Waals surface area contributed by atoms with Crippen LogP contribution in [0, 0.1) is 17.2 Å². The van der Waals surface area contributed by atoms with Crippen LogP contribution in [0.15, 0.2) is 24.3 Å². The normalized spacial score (nSPS) is 18.3. The van der Waals surface area contributed by atoms with E-state index >= 15 is 0 Å². The largest absolute Gasteiger partial charge is 0.324 e. The highest BCUT2D eigenvalue weighted by Crippen LogP contribution is 2.36. The summed E-state index contributed by atoms with van der Waals surface area (Å²) >= 11 is 0. The van der Waals surface area contributed by atoms with Crippen LogP contribution in [0.5, 0.6) is 0 Å². The van der Waals surface area contributed by atoms with Gasteiger partial charge in [0.15, 0.2) is 0 Å². The Bertz CT molecular complexity index is 361. The summed E-state index contributed by atoms with van der Waals surface area (Å²) in [5.41, 5.74) is 7.87. The molecule has 0 spiro atoms. The average molecular weight is 186 g/mol. The van der Waals surface area contributed by atoms with Gasteiger partial charge < -0.3 is 5.73 Å². The number of nitrogens with two attached hydrogens (primary N) is 1. The maximum atomic E-state index is 8.93. The van der Waals surface area contributed by atoms with E-state index < -0.39 is 0 Å². The maximum absolute atomic E-state index is 8.93. The van der Waals surface area contributed by atoms with Crippen molar-refractivity contribution >= 4 is 0 Å². The molecule has 1 aromatic carbocycles. The van der Waals surface area contributed by atoms with Crippen molar-refractivity contribution in [2.45, 2.75) is 25.3 Å². The molecular formula is C12H14N2. The first-order valence-corrected chi connectivity index (χ1v) is 5.07. The minimum Gasteiger partial charge on any atom is -0.324 e. The van der Waals surface area contributed by atoms with Gasteiger partial charge in [-0.2, -0.15) is 5.26 Å². The lowest BCUT2D eigenvalue weighted by molar-refractivity contribution is 0.264. The van der Waals surface area contributed by atoms with Crippen molar-refractivity contribution in [2.24, 2.45) is 11.7 Å². The van der Waals surface area contributed by atoms with Crippen molar-refractivity contribution < 1.29 is 0 Å². The van der Waals surface area contributed by atoms with Crippen LogP contribution in [-0.2, 0) is 0 Å². The summed E-state index contributed by atoms with van der Waals surface area (Å²) in [5.74, 6) is 0.587. The van der Waals surface area contributed by atoms with Gasteiger partial charge in [-0.05, 0) is 30.4 Å². The second-order valence-corrected chi connectivity index (χ2v) is 3.92. The van der Waals surface area contributed by atoms with Crippen LogP contribution in [-0.4, -0.2) is 0 Å². The Hall–Kier alpha value is -1.33. The quantitative estimate of drug-likeness (QED) is 0.770. The molecule has 2 heteroatoms. The number of rotatable bonds is 2. The molecule has 1 aromatic rings. The zero-order chi connectivity index (χ0) is 9.97. The Morgan fingerprint density at radius 2 is 2.07 bits per heavy atom. The molecule has 1 fully saturated rings. The predicted octanol–water partition coefficient (Wildman–Crippen LogP) is 2.36. The number of hydrogen-bond donors (Lipinski definition) is 1. The molecule has 1 aliphatic carbocycles. The lowest BCUT2D eigenvalue weighted by atomic mass is 9.77. The van der Waals surface area contributed by atoms with E-state index in [1.54, 1.807) is 0 Å². The van der Waals surface area contributed by atoms with E-state index in [1.807, 2.05) is 24.3 Å². The Labute approximate surface area is 84.3 Å². The molecule has 0 amide bonds. The van der Waals surface area contributed by atoms with Gasteiger partial charge in [-0.15, -0.1) is 0 Å². The van der Waals surface area contributed by atoms with E-state index in [-0.39, 0.29) is 6.04 Å². The van der Waals surface area contributed by atoms with Gasteiger partial charge in [0, 0.05) is 6.04 Å². The molecule has 0 bridgehead atoms. The van der Waals surface area contributed by atoms with Crippen LogP contribution in [0.25, 0.3) is 0 Å². The summed E-state index contributed by atoms with van der Waals surface area (Å²) in [5, 5.41) is 8.93. The van der Waals surface area contributed by atoms with Gasteiger partial charge in [0.2, 0.25) is 0 Å². The van der Waals surface area contributed by atoms with Gasteiger partial charge in [0.1, 0.15) is 0 Å². The molecule has 72 valence electrons. The summed E-state index contributed by atoms with van der Waals surface area (Å²) < 4.78 is 0. The van der Waals surface area contributed by atoms with Crippen LogP contribution in [0.2, 0.25) is 0 Å². The van der Waals surface area contributed by atoms with Gasteiger partial charge in [-0.25, -0.2) is 0 Å². The minimum atomic E-state index is 0.0552. The Morgan fingerprint density at radius 3 is 2.64 bits per heavy atom. The highest BCUT2D eigenvalue weighted by Gasteiger charge is 2.26. The number of nitrogens with zero attached hydrogens (tertiary/aromatic N) is 1. The predicted molar refractivity (Wildman–Crippen MR) is 55.4 cm³/mol. The first-order chi connectivity index (χ1) is 6.83. The van der Waals surface area contributed by atoms with Gasteiger partial charge in [-0.3, -0.25) is 0 Å². The summed E-state index contributed by atoms with van der Waals surface area (Å²) in [6.07, 6.45) is 3.70. The minimum absolute atomic E-state index is 0.0552. The molecular weight excluding hydrogens is 172 g/mol. The second kappa shape index (κ2) is 3.81. The summed E-state index contributed by atoms with van der Waals surface area (Å²) in [7, 11) is 0. The number of benzene rings is 1. The van der Waals surface area contributed by atoms with Crippen molar-refractivity contribution in [2.75, 3.05) is 0 Å². The highest BCUT2D eigenvalue weighted by molar-refractivity contribution is 5.39. The SMILES string of the molecule is N#Cc1ccccc1[C@@H](N)C1CCC1. The van der Waals surface area contributed by atoms with Gasteiger partial charge in [0.05, 0.1) is 11.6 Å². The lowest BCUT2D eigenvalue weighted by Crippen LogP contribution is -2.27. The first-order valence-electron chi connectivity index (χ1n) is 5.07. The van der Waals surface area contributed by atoms with Crippen molar-refractivity contribution in [1.29, 1.82) is 5.26 Å².